The molecule has 1 heterocycles. The van der Waals surface area contributed by atoms with Crippen LogP contribution in [0.25, 0.3) is 0 Å². The number of nitrogens with one attached hydrogen (secondary N) is 1. The zero-order chi connectivity index (χ0) is 9.84. The number of aromatic nitrogens is 1. The second kappa shape index (κ2) is 4.34. The molecule has 0 spiro atoms. The highest BCUT2D eigenvalue weighted by atomic mass is 32.1. The zero-order valence-electron chi connectivity index (χ0n) is 7.70. The smallest absolute Gasteiger partial charge is 0.234 e. The second-order valence-electron chi connectivity index (χ2n) is 2.89. The first-order valence-corrected chi connectivity index (χ1v) is 4.91. The first-order valence-electron chi connectivity index (χ1n) is 4.03. The number of amides is 1. The maximum absolute atomic E-state index is 10.7. The Morgan fingerprint density at radius 1 is 1.85 bits per heavy atom. The number of hydrogen-bond acceptors (Lipinski definition) is 4. The lowest BCUT2D eigenvalue weighted by Crippen LogP contribution is -2.38. The van der Waals surface area contributed by atoms with Crippen molar-refractivity contribution in [3.05, 3.63) is 16.1 Å². The van der Waals surface area contributed by atoms with Crippen molar-refractivity contribution in [3.63, 3.8) is 0 Å². The topological polar surface area (TPSA) is 68.0 Å². The van der Waals surface area contributed by atoms with Gasteiger partial charge in [0.05, 0.1) is 6.04 Å². The summed E-state index contributed by atoms with van der Waals surface area (Å²) in [6.45, 7) is 4.28. The molecule has 4 nitrogen and oxygen atoms in total. The molecule has 3 N–H and O–H groups in total. The van der Waals surface area contributed by atoms with E-state index in [2.05, 4.69) is 10.3 Å². The Morgan fingerprint density at radius 2 is 2.54 bits per heavy atom. The van der Waals surface area contributed by atoms with Gasteiger partial charge in [0.1, 0.15) is 5.01 Å². The molecule has 1 amide bonds. The molecule has 0 saturated heterocycles. The van der Waals surface area contributed by atoms with Gasteiger partial charge in [-0.1, -0.05) is 0 Å². The quantitative estimate of drug-likeness (QED) is 0.738. The third-order valence-electron chi connectivity index (χ3n) is 1.65. The average molecular weight is 199 g/mol. The van der Waals surface area contributed by atoms with Gasteiger partial charge in [0.25, 0.3) is 0 Å². The molecule has 0 aliphatic rings. The van der Waals surface area contributed by atoms with Crippen LogP contribution in [0.15, 0.2) is 5.38 Å². The van der Waals surface area contributed by atoms with E-state index in [4.69, 9.17) is 5.73 Å². The number of nitrogens with two attached hydrogens (primary N) is 1. The second-order valence-corrected chi connectivity index (χ2v) is 3.83. The fourth-order valence-corrected chi connectivity index (χ4v) is 1.55. The van der Waals surface area contributed by atoms with E-state index >= 15 is 0 Å². The third-order valence-corrected chi connectivity index (χ3v) is 2.62. The summed E-state index contributed by atoms with van der Waals surface area (Å²) in [5, 5.41) is 5.94. The van der Waals surface area contributed by atoms with Crippen LogP contribution in [0.5, 0.6) is 0 Å². The van der Waals surface area contributed by atoms with Crippen LogP contribution in [-0.2, 0) is 11.3 Å². The Labute approximate surface area is 81.2 Å². The molecule has 5 heteroatoms. The summed E-state index contributed by atoms with van der Waals surface area (Å²) in [5.41, 5.74) is 6.09. The molecule has 13 heavy (non-hydrogen) atoms. The molecule has 1 unspecified atom stereocenters. The van der Waals surface area contributed by atoms with Crippen molar-refractivity contribution in [1.82, 2.24) is 10.3 Å². The van der Waals surface area contributed by atoms with Crippen molar-refractivity contribution in [2.45, 2.75) is 26.4 Å². The lowest BCUT2D eigenvalue weighted by atomic mass is 10.3. The van der Waals surface area contributed by atoms with Gasteiger partial charge in [0.15, 0.2) is 0 Å². The fourth-order valence-electron chi connectivity index (χ4n) is 0.825. The van der Waals surface area contributed by atoms with E-state index in [1.54, 1.807) is 18.3 Å². The molecule has 0 radical (unpaired) electrons. The van der Waals surface area contributed by atoms with E-state index in [0.29, 0.717) is 6.54 Å². The van der Waals surface area contributed by atoms with Gasteiger partial charge in [0.2, 0.25) is 5.91 Å². The molecule has 0 aromatic carbocycles. The number of hydrogen-bond donors (Lipinski definition) is 2. The van der Waals surface area contributed by atoms with E-state index in [9.17, 15) is 4.79 Å². The molecule has 1 aromatic rings. The van der Waals surface area contributed by atoms with E-state index < -0.39 is 0 Å². The average Bonchev–Trinajstić information content (AvgIpc) is 2.47. The maximum atomic E-state index is 10.7. The number of thiazole rings is 1. The summed E-state index contributed by atoms with van der Waals surface area (Å²) in [5.74, 6) is -0.340. The SMILES string of the molecule is Cc1csc(CNC(C)C(N)=O)n1. The number of carbonyl (C=O) groups excluding carboxylic acids is 1. The Kier molecular flexibility index (Phi) is 3.39. The molecule has 1 rings (SSSR count). The summed E-state index contributed by atoms with van der Waals surface area (Å²) >= 11 is 1.58. The summed E-state index contributed by atoms with van der Waals surface area (Å²) < 4.78 is 0. The van der Waals surface area contributed by atoms with Crippen LogP contribution < -0.4 is 11.1 Å². The van der Waals surface area contributed by atoms with Crippen molar-refractivity contribution in [2.24, 2.45) is 5.73 Å². The van der Waals surface area contributed by atoms with Gasteiger partial charge in [-0.3, -0.25) is 10.1 Å². The fraction of sp³-hybridized carbons (Fsp3) is 0.500. The van der Waals surface area contributed by atoms with Crippen LogP contribution in [0, 0.1) is 6.92 Å². The van der Waals surface area contributed by atoms with Gasteiger partial charge in [-0.15, -0.1) is 11.3 Å². The van der Waals surface area contributed by atoms with Crippen LogP contribution in [0.1, 0.15) is 17.6 Å². The molecule has 0 saturated carbocycles. The van der Waals surface area contributed by atoms with Crippen molar-refractivity contribution in [3.8, 4) is 0 Å². The molecule has 72 valence electrons. The molecule has 0 aliphatic heterocycles. The van der Waals surface area contributed by atoms with E-state index in [1.165, 1.54) is 0 Å². The number of carbonyl (C=O) groups is 1. The summed E-state index contributed by atoms with van der Waals surface area (Å²) in [7, 11) is 0. The van der Waals surface area contributed by atoms with Crippen LogP contribution in [0.2, 0.25) is 0 Å². The highest BCUT2D eigenvalue weighted by Crippen LogP contribution is 2.07. The first kappa shape index (κ1) is 10.1. The first-order chi connectivity index (χ1) is 6.09. The normalized spacial score (nSPS) is 12.8. The van der Waals surface area contributed by atoms with E-state index in [-0.39, 0.29) is 11.9 Å². The summed E-state index contributed by atoms with van der Waals surface area (Å²) in [6, 6.07) is -0.302. The number of primary amides is 1. The Balaban J connectivity index is 2.39. The zero-order valence-corrected chi connectivity index (χ0v) is 8.52. The lowest BCUT2D eigenvalue weighted by molar-refractivity contribution is -0.119. The van der Waals surface area contributed by atoms with Crippen LogP contribution in [0.3, 0.4) is 0 Å². The third kappa shape index (κ3) is 3.12. The lowest BCUT2D eigenvalue weighted by Gasteiger charge is -2.07. The minimum absolute atomic E-state index is 0.302. The van der Waals surface area contributed by atoms with Crippen LogP contribution >= 0.6 is 11.3 Å². The Hall–Kier alpha value is -0.940. The van der Waals surface area contributed by atoms with Gasteiger partial charge < -0.3 is 5.73 Å². The van der Waals surface area contributed by atoms with Gasteiger partial charge >= 0.3 is 0 Å². The molecular weight excluding hydrogens is 186 g/mol. The molecule has 0 fully saturated rings. The largest absolute Gasteiger partial charge is 0.368 e. The van der Waals surface area contributed by atoms with Gasteiger partial charge in [0, 0.05) is 17.6 Å². The standard InChI is InChI=1S/C8H13N3OS/c1-5-4-13-7(11-5)3-10-6(2)8(9)12/h4,6,10H,3H2,1-2H3,(H2,9,12). The monoisotopic (exact) mass is 199 g/mol. The molecule has 0 bridgehead atoms. The predicted octanol–water partition coefficient (Wildman–Crippen LogP) is 0.415. The van der Waals surface area contributed by atoms with E-state index in [0.717, 1.165) is 10.7 Å². The van der Waals surface area contributed by atoms with Crippen molar-refractivity contribution >= 4 is 17.2 Å². The van der Waals surface area contributed by atoms with E-state index in [1.807, 2.05) is 12.3 Å². The molecule has 1 aromatic heterocycles. The predicted molar refractivity (Wildman–Crippen MR) is 52.3 cm³/mol. The van der Waals surface area contributed by atoms with Gasteiger partial charge in [-0.25, -0.2) is 4.98 Å². The molecule has 1 atom stereocenters. The van der Waals surface area contributed by atoms with Gasteiger partial charge in [-0.2, -0.15) is 0 Å². The number of aryl methyl sites for hydroxylation is 1. The minimum Gasteiger partial charge on any atom is -0.368 e. The molecular formula is C8H13N3OS. The summed E-state index contributed by atoms with van der Waals surface area (Å²) in [4.78, 5) is 14.9. The highest BCUT2D eigenvalue weighted by Gasteiger charge is 2.07. The Bertz CT molecular complexity index is 297. The van der Waals surface area contributed by atoms with Crippen molar-refractivity contribution in [1.29, 1.82) is 0 Å². The maximum Gasteiger partial charge on any atom is 0.234 e. The number of nitrogens with zero attached hydrogens (tertiary/aromatic N) is 1. The van der Waals surface area contributed by atoms with Gasteiger partial charge in [-0.05, 0) is 13.8 Å². The molecule has 0 aliphatic carbocycles. The summed E-state index contributed by atoms with van der Waals surface area (Å²) in [6.07, 6.45) is 0. The highest BCUT2D eigenvalue weighted by molar-refractivity contribution is 7.09. The van der Waals surface area contributed by atoms with Crippen molar-refractivity contribution < 1.29 is 4.79 Å². The van der Waals surface area contributed by atoms with Crippen LogP contribution in [0.4, 0.5) is 0 Å². The minimum atomic E-state index is -0.340. The number of rotatable bonds is 4. The Morgan fingerprint density at radius 3 is 3.00 bits per heavy atom. The van der Waals surface area contributed by atoms with Crippen molar-refractivity contribution in [2.75, 3.05) is 0 Å². The van der Waals surface area contributed by atoms with Crippen LogP contribution in [-0.4, -0.2) is 16.9 Å².